The highest BCUT2D eigenvalue weighted by atomic mass is 32.2. The third-order valence-electron chi connectivity index (χ3n) is 5.88. The zero-order valence-electron chi connectivity index (χ0n) is 21.7. The van der Waals surface area contributed by atoms with Gasteiger partial charge in [0.2, 0.25) is 0 Å². The zero-order valence-corrected chi connectivity index (χ0v) is 22.5. The van der Waals surface area contributed by atoms with Crippen molar-refractivity contribution in [1.82, 2.24) is 20.2 Å². The van der Waals surface area contributed by atoms with Crippen LogP contribution >= 0.6 is 11.8 Å². The molecule has 0 saturated heterocycles. The highest BCUT2D eigenvalue weighted by Crippen LogP contribution is 2.30. The molecule has 7 nitrogen and oxygen atoms in total. The predicted octanol–water partition coefficient (Wildman–Crippen LogP) is 5.88. The van der Waals surface area contributed by atoms with Gasteiger partial charge in [0.1, 0.15) is 5.75 Å². The Balaban J connectivity index is 1.56. The van der Waals surface area contributed by atoms with Gasteiger partial charge in [0.15, 0.2) is 11.0 Å². The topological polar surface area (TPSA) is 92.4 Å². The van der Waals surface area contributed by atoms with Crippen LogP contribution in [-0.2, 0) is 10.2 Å². The van der Waals surface area contributed by atoms with Gasteiger partial charge in [-0.15, -0.1) is 10.2 Å². The van der Waals surface area contributed by atoms with Crippen LogP contribution in [-0.4, -0.2) is 37.2 Å². The molecule has 1 heterocycles. The number of thioether (sulfide) groups is 1. The number of rotatable bonds is 7. The standard InChI is InChI=1S/C29H31N5O2S/c1-19-9-15-24(16-10-19)34-27(21-11-13-23(14-12-21)29(3,4)5)32-33-28(34)37-18-26(36)31-30-20(2)22-7-6-8-25(35)17-22/h6-17,35H,18H2,1-5H3,(H,31,36)/b30-20+. The minimum absolute atomic E-state index is 0.0548. The molecule has 1 aromatic heterocycles. The van der Waals surface area contributed by atoms with E-state index in [9.17, 15) is 9.90 Å². The molecule has 0 spiro atoms. The average Bonchev–Trinajstić information content (AvgIpc) is 3.30. The SMILES string of the molecule is C/C(=N\NC(=O)CSc1nnc(-c2ccc(C(C)(C)C)cc2)n1-c1ccc(C)cc1)c1cccc(O)c1. The summed E-state index contributed by atoms with van der Waals surface area (Å²) in [5.41, 5.74) is 8.23. The molecule has 2 N–H and O–H groups in total. The van der Waals surface area contributed by atoms with Crippen LogP contribution in [0.5, 0.6) is 5.75 Å². The van der Waals surface area contributed by atoms with Crippen LogP contribution in [0.3, 0.4) is 0 Å². The Kier molecular flexibility index (Phi) is 7.78. The second-order valence-electron chi connectivity index (χ2n) is 9.88. The number of aryl methyl sites for hydroxylation is 1. The largest absolute Gasteiger partial charge is 0.508 e. The van der Waals surface area contributed by atoms with Gasteiger partial charge in [-0.1, -0.05) is 86.6 Å². The van der Waals surface area contributed by atoms with Crippen LogP contribution in [0.2, 0.25) is 0 Å². The number of phenolic OH excluding ortho intramolecular Hbond substituents is 1. The molecule has 0 bridgehead atoms. The number of nitrogens with one attached hydrogen (secondary N) is 1. The average molecular weight is 514 g/mol. The molecule has 37 heavy (non-hydrogen) atoms. The number of amides is 1. The van der Waals surface area contributed by atoms with Gasteiger partial charge in [0.25, 0.3) is 5.91 Å². The summed E-state index contributed by atoms with van der Waals surface area (Å²) in [6, 6.07) is 23.2. The van der Waals surface area contributed by atoms with Crippen LogP contribution in [0, 0.1) is 6.92 Å². The fourth-order valence-electron chi connectivity index (χ4n) is 3.70. The maximum absolute atomic E-state index is 12.6. The fourth-order valence-corrected chi connectivity index (χ4v) is 4.44. The summed E-state index contributed by atoms with van der Waals surface area (Å²) in [4.78, 5) is 12.6. The number of benzene rings is 3. The minimum Gasteiger partial charge on any atom is -0.508 e. The van der Waals surface area contributed by atoms with E-state index in [1.54, 1.807) is 25.1 Å². The van der Waals surface area contributed by atoms with E-state index >= 15 is 0 Å². The van der Waals surface area contributed by atoms with Crippen molar-refractivity contribution < 1.29 is 9.90 Å². The van der Waals surface area contributed by atoms with Crippen molar-refractivity contribution in [3.63, 3.8) is 0 Å². The number of carbonyl (C=O) groups excluding carboxylic acids is 1. The van der Waals surface area contributed by atoms with Gasteiger partial charge in [-0.25, -0.2) is 5.43 Å². The lowest BCUT2D eigenvalue weighted by Crippen LogP contribution is -2.21. The number of phenols is 1. The van der Waals surface area contributed by atoms with Gasteiger partial charge in [0, 0.05) is 16.8 Å². The van der Waals surface area contributed by atoms with Gasteiger partial charge < -0.3 is 5.11 Å². The van der Waals surface area contributed by atoms with Gasteiger partial charge in [-0.05, 0) is 49.1 Å². The summed E-state index contributed by atoms with van der Waals surface area (Å²) in [6.45, 7) is 10.4. The molecular formula is C29H31N5O2S. The Morgan fingerprint density at radius 2 is 1.73 bits per heavy atom. The Morgan fingerprint density at radius 3 is 2.38 bits per heavy atom. The van der Waals surface area contributed by atoms with Crippen molar-refractivity contribution in [3.8, 4) is 22.8 Å². The van der Waals surface area contributed by atoms with Crippen LogP contribution < -0.4 is 5.43 Å². The molecule has 0 aliphatic heterocycles. The second kappa shape index (κ2) is 11.0. The number of hydrogen-bond acceptors (Lipinski definition) is 6. The van der Waals surface area contributed by atoms with E-state index in [0.717, 1.165) is 22.4 Å². The summed E-state index contributed by atoms with van der Waals surface area (Å²) in [5.74, 6) is 0.710. The van der Waals surface area contributed by atoms with E-state index in [1.807, 2.05) is 41.8 Å². The lowest BCUT2D eigenvalue weighted by molar-refractivity contribution is -0.118. The monoisotopic (exact) mass is 513 g/mol. The molecule has 1 amide bonds. The van der Waals surface area contributed by atoms with Crippen molar-refractivity contribution in [3.05, 3.63) is 89.5 Å². The van der Waals surface area contributed by atoms with E-state index in [-0.39, 0.29) is 22.8 Å². The molecule has 0 saturated carbocycles. The molecule has 0 fully saturated rings. The van der Waals surface area contributed by atoms with Crippen molar-refractivity contribution >= 4 is 23.4 Å². The summed E-state index contributed by atoms with van der Waals surface area (Å²) in [7, 11) is 0. The summed E-state index contributed by atoms with van der Waals surface area (Å²) in [6.07, 6.45) is 0. The quantitative estimate of drug-likeness (QED) is 0.183. The number of hydrogen-bond donors (Lipinski definition) is 2. The molecule has 190 valence electrons. The normalized spacial score (nSPS) is 12.0. The molecular weight excluding hydrogens is 482 g/mol. The molecule has 0 unspecified atom stereocenters. The molecule has 3 aromatic carbocycles. The van der Waals surface area contributed by atoms with Crippen LogP contribution in [0.15, 0.2) is 83.1 Å². The number of aromatic nitrogens is 3. The van der Waals surface area contributed by atoms with E-state index in [4.69, 9.17) is 0 Å². The molecule has 4 aromatic rings. The second-order valence-corrected chi connectivity index (χ2v) is 10.8. The van der Waals surface area contributed by atoms with E-state index in [0.29, 0.717) is 16.7 Å². The highest BCUT2D eigenvalue weighted by Gasteiger charge is 2.19. The van der Waals surface area contributed by atoms with Crippen molar-refractivity contribution in [1.29, 1.82) is 0 Å². The summed E-state index contributed by atoms with van der Waals surface area (Å²) < 4.78 is 1.98. The Morgan fingerprint density at radius 1 is 1.03 bits per heavy atom. The maximum Gasteiger partial charge on any atom is 0.250 e. The lowest BCUT2D eigenvalue weighted by Gasteiger charge is -2.19. The van der Waals surface area contributed by atoms with Gasteiger partial charge >= 0.3 is 0 Å². The van der Waals surface area contributed by atoms with Crippen molar-refractivity contribution in [2.75, 3.05) is 5.75 Å². The first-order chi connectivity index (χ1) is 17.6. The molecule has 8 heteroatoms. The third-order valence-corrected chi connectivity index (χ3v) is 6.81. The molecule has 0 radical (unpaired) electrons. The molecule has 0 aliphatic rings. The van der Waals surface area contributed by atoms with Gasteiger partial charge in [-0.2, -0.15) is 5.10 Å². The molecule has 4 rings (SSSR count). The Labute approximate surface area is 221 Å². The smallest absolute Gasteiger partial charge is 0.250 e. The Bertz CT molecular complexity index is 1420. The van der Waals surface area contributed by atoms with E-state index < -0.39 is 0 Å². The summed E-state index contributed by atoms with van der Waals surface area (Å²) in [5, 5.41) is 23.3. The fraction of sp³-hybridized carbons (Fsp3) is 0.241. The number of carbonyl (C=O) groups is 1. The van der Waals surface area contributed by atoms with Crippen LogP contribution in [0.4, 0.5) is 0 Å². The number of aromatic hydroxyl groups is 1. The van der Waals surface area contributed by atoms with E-state index in [1.165, 1.54) is 17.3 Å². The minimum atomic E-state index is -0.265. The Hall–Kier alpha value is -3.91. The molecule has 0 atom stereocenters. The lowest BCUT2D eigenvalue weighted by atomic mass is 9.87. The van der Waals surface area contributed by atoms with Crippen molar-refractivity contribution in [2.45, 2.75) is 45.2 Å². The number of hydrazone groups is 1. The van der Waals surface area contributed by atoms with E-state index in [2.05, 4.69) is 65.8 Å². The predicted molar refractivity (Wildman–Crippen MR) is 149 cm³/mol. The number of nitrogens with zero attached hydrogens (tertiary/aromatic N) is 4. The first-order valence-electron chi connectivity index (χ1n) is 12.0. The summed E-state index contributed by atoms with van der Waals surface area (Å²) >= 11 is 1.30. The first-order valence-corrected chi connectivity index (χ1v) is 13.0. The maximum atomic E-state index is 12.6. The van der Waals surface area contributed by atoms with Crippen molar-refractivity contribution in [2.24, 2.45) is 5.10 Å². The van der Waals surface area contributed by atoms with Crippen LogP contribution in [0.25, 0.3) is 17.1 Å². The highest BCUT2D eigenvalue weighted by molar-refractivity contribution is 7.99. The van der Waals surface area contributed by atoms with Gasteiger partial charge in [0.05, 0.1) is 11.5 Å². The van der Waals surface area contributed by atoms with Crippen LogP contribution in [0.1, 0.15) is 44.4 Å². The molecule has 0 aliphatic carbocycles. The van der Waals surface area contributed by atoms with Gasteiger partial charge in [-0.3, -0.25) is 9.36 Å². The third kappa shape index (κ3) is 6.46. The first kappa shape index (κ1) is 26.2. The zero-order chi connectivity index (χ0) is 26.6.